The van der Waals surface area contributed by atoms with E-state index in [1.807, 2.05) is 18.2 Å². The number of allylic oxidation sites excluding steroid dienone is 3. The molecule has 0 aromatic carbocycles. The summed E-state index contributed by atoms with van der Waals surface area (Å²) < 4.78 is 0. The number of aliphatic imine (C=N–C) groups is 2. The molecule has 2 nitrogen and oxygen atoms in total. The first kappa shape index (κ1) is 7.66. The predicted octanol–water partition coefficient (Wildman–Crippen LogP) is 1.45. The zero-order valence-electron chi connectivity index (χ0n) is 6.27. The van der Waals surface area contributed by atoms with Crippen molar-refractivity contribution in [2.75, 3.05) is 0 Å². The molecule has 0 spiro atoms. The third-order valence-corrected chi connectivity index (χ3v) is 1.19. The van der Waals surface area contributed by atoms with Crippen LogP contribution in [0.5, 0.6) is 0 Å². The van der Waals surface area contributed by atoms with Gasteiger partial charge in [-0.3, -0.25) is 4.99 Å². The highest BCUT2D eigenvalue weighted by Crippen LogP contribution is 1.86. The van der Waals surface area contributed by atoms with Gasteiger partial charge in [0.25, 0.3) is 5.71 Å². The van der Waals surface area contributed by atoms with E-state index in [1.54, 1.807) is 18.6 Å². The van der Waals surface area contributed by atoms with Crippen molar-refractivity contribution in [3.63, 3.8) is 0 Å². The van der Waals surface area contributed by atoms with Crippen LogP contribution in [0.3, 0.4) is 0 Å². The second-order valence-corrected chi connectivity index (χ2v) is 2.07. The van der Waals surface area contributed by atoms with Gasteiger partial charge in [-0.05, 0) is 6.08 Å². The van der Waals surface area contributed by atoms with Gasteiger partial charge < -0.3 is 0 Å². The van der Waals surface area contributed by atoms with Crippen LogP contribution in [0.25, 0.3) is 0 Å². The summed E-state index contributed by atoms with van der Waals surface area (Å²) in [5, 5.41) is 0. The Morgan fingerprint density at radius 2 is 2.45 bits per heavy atom. The van der Waals surface area contributed by atoms with E-state index in [1.165, 1.54) is 0 Å². The molecule has 1 aliphatic heterocycles. The molecule has 1 radical (unpaired) electrons. The topological polar surface area (TPSA) is 26.5 Å². The molecule has 0 aliphatic carbocycles. The van der Waals surface area contributed by atoms with Crippen molar-refractivity contribution < 1.29 is 0 Å². The van der Waals surface area contributed by atoms with Crippen LogP contribution in [-0.2, 0) is 0 Å². The molecule has 1 rings (SSSR count). The molecule has 11 heavy (non-hydrogen) atoms. The minimum Gasteiger partial charge on any atom is -0.258 e. The zero-order valence-corrected chi connectivity index (χ0v) is 6.27. The van der Waals surface area contributed by atoms with Crippen molar-refractivity contribution in [2.45, 2.75) is 6.42 Å². The van der Waals surface area contributed by atoms with E-state index in [0.717, 1.165) is 12.1 Å². The molecule has 0 saturated carbocycles. The largest absolute Gasteiger partial charge is 0.275 e. The Morgan fingerprint density at radius 1 is 1.55 bits per heavy atom. The molecule has 0 fully saturated rings. The summed E-state index contributed by atoms with van der Waals surface area (Å²) >= 11 is 0. The van der Waals surface area contributed by atoms with Crippen LogP contribution >= 0.6 is 0 Å². The highest BCUT2D eigenvalue weighted by Gasteiger charge is 2.02. The van der Waals surface area contributed by atoms with Gasteiger partial charge in [-0.25, -0.2) is 0 Å². The van der Waals surface area contributed by atoms with Gasteiger partial charge in [0.2, 0.25) is 6.20 Å². The fourth-order valence-corrected chi connectivity index (χ4v) is 0.704. The highest BCUT2D eigenvalue weighted by molar-refractivity contribution is 6.30. The summed E-state index contributed by atoms with van der Waals surface area (Å²) in [6.45, 7) is 3.62. The lowest BCUT2D eigenvalue weighted by molar-refractivity contribution is 1.32. The molecule has 0 bridgehead atoms. The maximum Gasteiger partial charge on any atom is 0.275 e. The Hall–Kier alpha value is -1.44. The fourth-order valence-electron chi connectivity index (χ4n) is 0.704. The number of rotatable bonds is 2. The summed E-state index contributed by atoms with van der Waals surface area (Å²) in [6, 6.07) is 0. The van der Waals surface area contributed by atoms with Crippen molar-refractivity contribution in [1.29, 1.82) is 0 Å². The summed E-state index contributed by atoms with van der Waals surface area (Å²) in [7, 11) is 0. The molecule has 2 heteroatoms. The Kier molecular flexibility index (Phi) is 3.06. The third kappa shape index (κ3) is 2.76. The predicted molar refractivity (Wildman–Crippen MR) is 48.7 cm³/mol. The number of hydrogen-bond donors (Lipinski definition) is 0. The second-order valence-electron chi connectivity index (χ2n) is 2.07. The molecule has 1 heterocycles. The number of nitrogens with zero attached hydrogens (tertiary/aromatic N) is 2. The summed E-state index contributed by atoms with van der Waals surface area (Å²) in [4.78, 5) is 8.13. The SMILES string of the molecule is C=CCC1=[N+]/C=C\C=C/N=C\1. The van der Waals surface area contributed by atoms with Gasteiger partial charge in [-0.1, -0.05) is 6.08 Å². The quantitative estimate of drug-likeness (QED) is 0.527. The van der Waals surface area contributed by atoms with Crippen molar-refractivity contribution >= 4 is 11.9 Å². The third-order valence-electron chi connectivity index (χ3n) is 1.19. The molecule has 0 atom stereocenters. The van der Waals surface area contributed by atoms with Gasteiger partial charge in [-0.15, -0.1) is 6.58 Å². The van der Waals surface area contributed by atoms with Crippen molar-refractivity contribution in [2.24, 2.45) is 4.99 Å². The van der Waals surface area contributed by atoms with Gasteiger partial charge in [-0.2, -0.15) is 0 Å². The van der Waals surface area contributed by atoms with Crippen LogP contribution in [0.1, 0.15) is 6.42 Å². The lowest BCUT2D eigenvalue weighted by Gasteiger charge is -1.81. The Balaban J connectivity index is 2.69. The van der Waals surface area contributed by atoms with E-state index in [0.29, 0.717) is 0 Å². The average Bonchev–Trinajstić information content (AvgIpc) is 1.94. The lowest BCUT2D eigenvalue weighted by Crippen LogP contribution is -2.04. The molecular weight excluding hydrogens is 136 g/mol. The van der Waals surface area contributed by atoms with Crippen molar-refractivity contribution in [3.8, 4) is 0 Å². The molecule has 55 valence electrons. The number of hydrogen-bond acceptors (Lipinski definition) is 2. The summed E-state index contributed by atoms with van der Waals surface area (Å²) in [6.07, 6.45) is 11.5. The van der Waals surface area contributed by atoms with Gasteiger partial charge in [0.15, 0.2) is 0 Å². The van der Waals surface area contributed by atoms with Crippen molar-refractivity contribution in [3.05, 3.63) is 37.2 Å². The van der Waals surface area contributed by atoms with Crippen LogP contribution in [0, 0.1) is 0 Å². The van der Waals surface area contributed by atoms with E-state index in [-0.39, 0.29) is 0 Å². The minimum atomic E-state index is 0.766. The van der Waals surface area contributed by atoms with Crippen LogP contribution in [0.2, 0.25) is 0 Å². The van der Waals surface area contributed by atoms with Gasteiger partial charge >= 0.3 is 0 Å². The van der Waals surface area contributed by atoms with Gasteiger partial charge in [0, 0.05) is 12.3 Å². The monoisotopic (exact) mass is 146 g/mol. The van der Waals surface area contributed by atoms with Crippen LogP contribution in [0.4, 0.5) is 0 Å². The Morgan fingerprint density at radius 3 is 3.27 bits per heavy atom. The summed E-state index contributed by atoms with van der Waals surface area (Å²) in [5.41, 5.74) is 0.931. The first-order valence-electron chi connectivity index (χ1n) is 3.46. The van der Waals surface area contributed by atoms with Crippen LogP contribution < -0.4 is 4.99 Å². The second kappa shape index (κ2) is 4.39. The molecular formula is C9H10N2+. The Labute approximate surface area is 66.4 Å². The van der Waals surface area contributed by atoms with E-state index in [4.69, 9.17) is 0 Å². The Bertz CT molecular complexity index is 244. The fraction of sp³-hybridized carbons (Fsp3) is 0.111. The average molecular weight is 146 g/mol. The van der Waals surface area contributed by atoms with E-state index in [2.05, 4.69) is 16.6 Å². The van der Waals surface area contributed by atoms with Gasteiger partial charge in [0.1, 0.15) is 6.21 Å². The van der Waals surface area contributed by atoms with Gasteiger partial charge in [0.05, 0.1) is 11.4 Å². The zero-order chi connectivity index (χ0) is 7.94. The molecule has 0 aromatic rings. The molecule has 0 saturated heterocycles. The smallest absolute Gasteiger partial charge is 0.258 e. The van der Waals surface area contributed by atoms with E-state index < -0.39 is 0 Å². The van der Waals surface area contributed by atoms with Crippen LogP contribution in [0.15, 0.2) is 42.2 Å². The summed E-state index contributed by atoms with van der Waals surface area (Å²) in [5.74, 6) is 0. The van der Waals surface area contributed by atoms with E-state index >= 15 is 0 Å². The molecule has 0 N–H and O–H groups in total. The van der Waals surface area contributed by atoms with Crippen LogP contribution in [-0.4, -0.2) is 11.9 Å². The highest BCUT2D eigenvalue weighted by atomic mass is 14.8. The molecule has 0 aromatic heterocycles. The maximum atomic E-state index is 4.14. The minimum absolute atomic E-state index is 0.766. The normalized spacial score (nSPS) is 28.9. The first-order valence-corrected chi connectivity index (χ1v) is 3.46. The maximum absolute atomic E-state index is 4.14. The first-order chi connectivity index (χ1) is 5.43. The van der Waals surface area contributed by atoms with E-state index in [9.17, 15) is 0 Å². The molecule has 0 unspecified atom stereocenters. The molecule has 1 aliphatic rings. The lowest BCUT2D eigenvalue weighted by atomic mass is 10.3. The standard InChI is InChI=1S/C9H10N2/c1-2-5-9-8-10-6-3-4-7-11-9/h2-4,6-8H,1,5H2/q+1/b4-3?,6-3-,7-4-,9-8?,10-6?,10-8-,11-7?,11-9?. The molecule has 0 amide bonds. The van der Waals surface area contributed by atoms with Crippen molar-refractivity contribution in [1.82, 2.24) is 4.99 Å².